The van der Waals surface area contributed by atoms with E-state index in [0.29, 0.717) is 22.6 Å². The molecule has 0 saturated heterocycles. The lowest BCUT2D eigenvalue weighted by Crippen LogP contribution is -2.16. The van der Waals surface area contributed by atoms with E-state index in [-0.39, 0.29) is 11.6 Å². The molecule has 2 heterocycles. The Bertz CT molecular complexity index is 1180. The van der Waals surface area contributed by atoms with Crippen LogP contribution in [-0.4, -0.2) is 26.8 Å². The molecule has 0 atom stereocenters. The van der Waals surface area contributed by atoms with Gasteiger partial charge in [0.15, 0.2) is 11.5 Å². The first-order valence-electron chi connectivity index (χ1n) is 8.46. The van der Waals surface area contributed by atoms with Crippen molar-refractivity contribution in [3.63, 3.8) is 0 Å². The molecule has 0 bridgehead atoms. The maximum atomic E-state index is 12.3. The lowest BCUT2D eigenvalue weighted by atomic mass is 10.1. The summed E-state index contributed by atoms with van der Waals surface area (Å²) in [6.07, 6.45) is -2.92. The third-order valence-corrected chi connectivity index (χ3v) is 4.28. The normalized spacial score (nSPS) is 11.6. The number of hydrogen-bond donors (Lipinski definition) is 2. The Hall–Kier alpha value is -3.88. The highest BCUT2D eigenvalue weighted by Crippen LogP contribution is 2.28. The van der Waals surface area contributed by atoms with Gasteiger partial charge in [0.05, 0.1) is 0 Å². The fourth-order valence-corrected chi connectivity index (χ4v) is 2.91. The Morgan fingerprint density at radius 1 is 0.862 bits per heavy atom. The van der Waals surface area contributed by atoms with Crippen molar-refractivity contribution < 1.29 is 17.9 Å². The van der Waals surface area contributed by atoms with Crippen molar-refractivity contribution in [2.75, 3.05) is 0 Å². The van der Waals surface area contributed by atoms with E-state index < -0.39 is 6.36 Å². The summed E-state index contributed by atoms with van der Waals surface area (Å²) in [6, 6.07) is 16.3. The monoisotopic (exact) mass is 397 g/mol. The number of pyridine rings is 1. The summed E-state index contributed by atoms with van der Waals surface area (Å²) >= 11 is 0. The molecule has 4 rings (SSSR count). The van der Waals surface area contributed by atoms with Crippen molar-refractivity contribution in [2.24, 2.45) is 5.73 Å². The molecule has 146 valence electrons. The molecule has 0 saturated carbocycles. The van der Waals surface area contributed by atoms with Crippen LogP contribution in [0, 0.1) is 5.41 Å². The Kier molecular flexibility index (Phi) is 4.42. The molecule has 9 heteroatoms. The van der Waals surface area contributed by atoms with Gasteiger partial charge in [0.1, 0.15) is 11.6 Å². The number of aromatic nitrogens is 3. The Morgan fingerprint density at radius 2 is 1.48 bits per heavy atom. The van der Waals surface area contributed by atoms with Crippen LogP contribution in [-0.2, 0) is 0 Å². The number of ether oxygens (including phenoxy) is 1. The number of nitrogens with zero attached hydrogens (tertiary/aromatic N) is 3. The number of hydrogen-bond acceptors (Lipinski definition) is 4. The van der Waals surface area contributed by atoms with Crippen LogP contribution in [0.2, 0.25) is 0 Å². The van der Waals surface area contributed by atoms with Crippen molar-refractivity contribution in [2.45, 2.75) is 6.36 Å². The van der Waals surface area contributed by atoms with Crippen molar-refractivity contribution in [1.29, 1.82) is 5.41 Å². The zero-order valence-electron chi connectivity index (χ0n) is 14.8. The van der Waals surface area contributed by atoms with Gasteiger partial charge < -0.3 is 10.5 Å². The minimum Gasteiger partial charge on any atom is -0.406 e. The molecule has 2 aromatic carbocycles. The van der Waals surface area contributed by atoms with Crippen molar-refractivity contribution in [3.05, 3.63) is 72.4 Å². The van der Waals surface area contributed by atoms with E-state index in [1.807, 2.05) is 12.3 Å². The zero-order valence-corrected chi connectivity index (χ0v) is 14.8. The number of nitrogens with one attached hydrogen (secondary N) is 1. The van der Waals surface area contributed by atoms with Crippen LogP contribution in [0.3, 0.4) is 0 Å². The molecule has 0 amide bonds. The Labute approximate surface area is 162 Å². The number of rotatable bonds is 4. The fourth-order valence-electron chi connectivity index (χ4n) is 2.91. The van der Waals surface area contributed by atoms with E-state index in [4.69, 9.17) is 11.1 Å². The van der Waals surface area contributed by atoms with Gasteiger partial charge in [-0.05, 0) is 35.4 Å². The number of alkyl halides is 3. The minimum atomic E-state index is -4.73. The summed E-state index contributed by atoms with van der Waals surface area (Å²) in [6.45, 7) is 0. The molecule has 29 heavy (non-hydrogen) atoms. The van der Waals surface area contributed by atoms with Crippen LogP contribution in [0.1, 0.15) is 5.56 Å². The SMILES string of the molecule is N=C(N)c1ccc(-c2nnc3ccc(-c4ccc(OC(F)(F)F)cc4)cn23)cc1. The second kappa shape index (κ2) is 6.93. The number of fused-ring (bicyclic) bond motifs is 1. The van der Waals surface area contributed by atoms with Gasteiger partial charge in [0.25, 0.3) is 0 Å². The van der Waals surface area contributed by atoms with E-state index in [0.717, 1.165) is 11.1 Å². The van der Waals surface area contributed by atoms with Gasteiger partial charge in [-0.25, -0.2) is 0 Å². The number of nitrogens with two attached hydrogens (primary N) is 1. The molecule has 0 aliphatic carbocycles. The quantitative estimate of drug-likeness (QED) is 0.398. The molecule has 6 nitrogen and oxygen atoms in total. The molecule has 0 aliphatic heterocycles. The standard InChI is InChI=1S/C20H14F3N5O/c21-20(22,23)29-16-8-5-12(6-9-16)15-7-10-17-26-27-19(28(17)11-15)14-3-1-13(2-4-14)18(24)25/h1-11H,(H3,24,25). The number of halogens is 3. The highest BCUT2D eigenvalue weighted by molar-refractivity contribution is 5.95. The summed E-state index contributed by atoms with van der Waals surface area (Å²) in [5.41, 5.74) is 8.98. The summed E-state index contributed by atoms with van der Waals surface area (Å²) in [7, 11) is 0. The zero-order chi connectivity index (χ0) is 20.6. The smallest absolute Gasteiger partial charge is 0.406 e. The number of amidine groups is 1. The van der Waals surface area contributed by atoms with Crippen LogP contribution in [0.5, 0.6) is 5.75 Å². The second-order valence-corrected chi connectivity index (χ2v) is 6.23. The third kappa shape index (κ3) is 3.88. The molecule has 0 unspecified atom stereocenters. The summed E-state index contributed by atoms with van der Waals surface area (Å²) in [5.74, 6) is 0.287. The van der Waals surface area contributed by atoms with E-state index in [9.17, 15) is 13.2 Å². The average Bonchev–Trinajstić information content (AvgIpc) is 3.10. The highest BCUT2D eigenvalue weighted by Gasteiger charge is 2.30. The minimum absolute atomic E-state index is 0.0251. The van der Waals surface area contributed by atoms with E-state index >= 15 is 0 Å². The van der Waals surface area contributed by atoms with Gasteiger partial charge in [0.2, 0.25) is 0 Å². The maximum Gasteiger partial charge on any atom is 0.573 e. The van der Waals surface area contributed by atoms with Crippen molar-refractivity contribution in [3.8, 4) is 28.3 Å². The summed E-state index contributed by atoms with van der Waals surface area (Å²) < 4.78 is 42.7. The largest absolute Gasteiger partial charge is 0.573 e. The van der Waals surface area contributed by atoms with Gasteiger partial charge in [-0.3, -0.25) is 9.81 Å². The number of benzene rings is 2. The molecule has 2 aromatic heterocycles. The Morgan fingerprint density at radius 3 is 2.10 bits per heavy atom. The molecule has 0 spiro atoms. The second-order valence-electron chi connectivity index (χ2n) is 6.23. The molecular formula is C20H14F3N5O. The molecule has 0 radical (unpaired) electrons. The van der Waals surface area contributed by atoms with Crippen molar-refractivity contribution in [1.82, 2.24) is 14.6 Å². The summed E-state index contributed by atoms with van der Waals surface area (Å²) in [5, 5.41) is 15.8. The van der Waals surface area contributed by atoms with E-state index in [2.05, 4.69) is 14.9 Å². The van der Waals surface area contributed by atoms with Gasteiger partial charge in [-0.15, -0.1) is 23.4 Å². The van der Waals surface area contributed by atoms with Gasteiger partial charge in [-0.2, -0.15) is 0 Å². The molecular weight excluding hydrogens is 383 g/mol. The molecule has 0 aliphatic rings. The van der Waals surface area contributed by atoms with E-state index in [1.54, 1.807) is 46.9 Å². The first-order chi connectivity index (χ1) is 13.8. The highest BCUT2D eigenvalue weighted by atomic mass is 19.4. The third-order valence-electron chi connectivity index (χ3n) is 4.28. The van der Waals surface area contributed by atoms with Gasteiger partial charge >= 0.3 is 6.36 Å². The lowest BCUT2D eigenvalue weighted by Gasteiger charge is -2.09. The van der Waals surface area contributed by atoms with Crippen LogP contribution in [0.25, 0.3) is 28.2 Å². The fraction of sp³-hybridized carbons (Fsp3) is 0.0500. The van der Waals surface area contributed by atoms with Crippen LogP contribution >= 0.6 is 0 Å². The number of nitrogen functional groups attached to an aromatic ring is 1. The predicted molar refractivity (Wildman–Crippen MR) is 102 cm³/mol. The van der Waals surface area contributed by atoms with E-state index in [1.165, 1.54) is 12.1 Å². The topological polar surface area (TPSA) is 89.3 Å². The predicted octanol–water partition coefficient (Wildman–Crippen LogP) is 4.25. The Balaban J connectivity index is 1.69. The maximum absolute atomic E-state index is 12.3. The van der Waals surface area contributed by atoms with Gasteiger partial charge in [-0.1, -0.05) is 36.4 Å². The van der Waals surface area contributed by atoms with Crippen LogP contribution in [0.15, 0.2) is 66.9 Å². The average molecular weight is 397 g/mol. The lowest BCUT2D eigenvalue weighted by molar-refractivity contribution is -0.274. The van der Waals surface area contributed by atoms with Gasteiger partial charge in [0, 0.05) is 17.3 Å². The first-order valence-corrected chi connectivity index (χ1v) is 8.46. The molecule has 4 aromatic rings. The molecule has 3 N–H and O–H groups in total. The van der Waals surface area contributed by atoms with Crippen molar-refractivity contribution >= 4 is 11.5 Å². The first kappa shape index (κ1) is 18.5. The van der Waals surface area contributed by atoms with Crippen LogP contribution < -0.4 is 10.5 Å². The molecule has 0 fully saturated rings. The summed E-state index contributed by atoms with van der Waals surface area (Å²) in [4.78, 5) is 0. The van der Waals surface area contributed by atoms with Crippen LogP contribution in [0.4, 0.5) is 13.2 Å².